The molecule has 2 unspecified atom stereocenters. The fourth-order valence-electron chi connectivity index (χ4n) is 2.92. The second-order valence-corrected chi connectivity index (χ2v) is 10.4. The molecule has 2 heterocycles. The van der Waals surface area contributed by atoms with Crippen molar-refractivity contribution in [3.8, 4) is 0 Å². The van der Waals surface area contributed by atoms with Crippen LogP contribution in [-0.2, 0) is 32.7 Å². The Balaban J connectivity index is 2.21. The molecule has 1 saturated heterocycles. The molecule has 30 heavy (non-hydrogen) atoms. The summed E-state index contributed by atoms with van der Waals surface area (Å²) in [6.07, 6.45) is -2.45. The molecule has 0 aliphatic carbocycles. The van der Waals surface area contributed by atoms with E-state index in [4.69, 9.17) is 28.5 Å². The van der Waals surface area contributed by atoms with Gasteiger partial charge in [-0.05, 0) is 6.07 Å². The van der Waals surface area contributed by atoms with Crippen molar-refractivity contribution in [1.29, 1.82) is 0 Å². The first kappa shape index (κ1) is 24.8. The van der Waals surface area contributed by atoms with Gasteiger partial charge in [-0.1, -0.05) is 0 Å². The standard InChI is InChI=1S/C14H23N3O11P2/c1-8(18)15-10-4-5-17(14(19)16-10)13-12(26-3)11(25-2)9(28-13)6-27-30(23,24)7-29(20,21)22/h4-5,9,11-13H,6-7H2,1-3H3,(H,23,24)(H2,20,21,22)(H,15,16,18,19)/t9-,11+,12?,13-/m1/s1. The van der Waals surface area contributed by atoms with Crippen LogP contribution in [0.25, 0.3) is 0 Å². The first-order valence-corrected chi connectivity index (χ1v) is 12.0. The Hall–Kier alpha value is -1.47. The van der Waals surface area contributed by atoms with Gasteiger partial charge in [-0.3, -0.25) is 18.5 Å². The van der Waals surface area contributed by atoms with Crippen molar-refractivity contribution >= 4 is 26.9 Å². The maximum atomic E-state index is 12.4. The number of aromatic nitrogens is 2. The van der Waals surface area contributed by atoms with Crippen LogP contribution in [0.1, 0.15) is 13.2 Å². The lowest BCUT2D eigenvalue weighted by molar-refractivity contribution is -0.114. The van der Waals surface area contributed by atoms with Crippen LogP contribution in [0.2, 0.25) is 0 Å². The number of hydrogen-bond acceptors (Lipinski definition) is 9. The molecule has 170 valence electrons. The predicted octanol–water partition coefficient (Wildman–Crippen LogP) is -0.534. The SMILES string of the molecule is COC1[C@@H](OC)[C@@H](COP(=O)(O)CP(=O)(O)O)O[C@H]1n1ccc(NC(C)=O)nc1=O. The van der Waals surface area contributed by atoms with Gasteiger partial charge in [0.15, 0.2) is 12.1 Å². The van der Waals surface area contributed by atoms with E-state index < -0.39 is 63.8 Å². The van der Waals surface area contributed by atoms with Gasteiger partial charge in [0, 0.05) is 27.3 Å². The van der Waals surface area contributed by atoms with E-state index in [-0.39, 0.29) is 5.82 Å². The molecule has 0 aromatic carbocycles. The third-order valence-electron chi connectivity index (χ3n) is 4.04. The van der Waals surface area contributed by atoms with Crippen LogP contribution in [0, 0.1) is 0 Å². The van der Waals surface area contributed by atoms with E-state index in [0.717, 1.165) is 4.57 Å². The molecular weight excluding hydrogens is 448 g/mol. The smallest absolute Gasteiger partial charge is 0.351 e. The van der Waals surface area contributed by atoms with Crippen LogP contribution in [-0.4, -0.2) is 75.2 Å². The van der Waals surface area contributed by atoms with E-state index in [1.165, 1.54) is 33.4 Å². The molecule has 1 aliphatic rings. The minimum atomic E-state index is -4.79. The van der Waals surface area contributed by atoms with Gasteiger partial charge in [0.25, 0.3) is 0 Å². The van der Waals surface area contributed by atoms with Crippen LogP contribution in [0.15, 0.2) is 17.1 Å². The van der Waals surface area contributed by atoms with Gasteiger partial charge in [0.2, 0.25) is 5.91 Å². The molecule has 5 atom stereocenters. The lowest BCUT2D eigenvalue weighted by Crippen LogP contribution is -2.38. The third-order valence-corrected chi connectivity index (χ3v) is 7.50. The normalized spacial score (nSPS) is 26.3. The molecule has 4 N–H and O–H groups in total. The number of ether oxygens (including phenoxy) is 3. The van der Waals surface area contributed by atoms with Crippen molar-refractivity contribution in [3.63, 3.8) is 0 Å². The van der Waals surface area contributed by atoms with E-state index in [1.807, 2.05) is 0 Å². The van der Waals surface area contributed by atoms with Crippen LogP contribution in [0.4, 0.5) is 5.82 Å². The summed E-state index contributed by atoms with van der Waals surface area (Å²) >= 11 is 0. The second kappa shape index (κ2) is 9.77. The lowest BCUT2D eigenvalue weighted by atomic mass is 10.1. The number of hydrogen-bond donors (Lipinski definition) is 4. The molecule has 2 rings (SSSR count). The minimum Gasteiger partial charge on any atom is -0.376 e. The zero-order chi connectivity index (χ0) is 22.7. The van der Waals surface area contributed by atoms with Crippen LogP contribution < -0.4 is 11.0 Å². The van der Waals surface area contributed by atoms with E-state index in [9.17, 15) is 23.6 Å². The fourth-order valence-corrected chi connectivity index (χ4v) is 5.49. The molecule has 1 amide bonds. The Kier molecular flexibility index (Phi) is 8.08. The summed E-state index contributed by atoms with van der Waals surface area (Å²) in [5, 5.41) is 2.37. The van der Waals surface area contributed by atoms with Crippen molar-refractivity contribution in [3.05, 3.63) is 22.7 Å². The predicted molar refractivity (Wildman–Crippen MR) is 101 cm³/mol. The maximum Gasteiger partial charge on any atom is 0.351 e. The Morgan fingerprint density at radius 1 is 1.27 bits per heavy atom. The number of nitrogens with one attached hydrogen (secondary N) is 1. The number of carbonyl (C=O) groups excluding carboxylic acids is 1. The molecule has 0 bridgehead atoms. The summed E-state index contributed by atoms with van der Waals surface area (Å²) in [6, 6.07) is 1.37. The van der Waals surface area contributed by atoms with Gasteiger partial charge in [-0.15, -0.1) is 0 Å². The maximum absolute atomic E-state index is 12.4. The summed E-state index contributed by atoms with van der Waals surface area (Å²) in [5.41, 5.74) is -0.765. The topological polar surface area (TPSA) is 196 Å². The van der Waals surface area contributed by atoms with E-state index in [2.05, 4.69) is 10.3 Å². The summed E-state index contributed by atoms with van der Waals surface area (Å²) in [4.78, 5) is 54.6. The monoisotopic (exact) mass is 471 g/mol. The highest BCUT2D eigenvalue weighted by molar-refractivity contribution is 7.70. The Bertz CT molecular complexity index is 917. The summed E-state index contributed by atoms with van der Waals surface area (Å²) in [7, 11) is -6.74. The highest BCUT2D eigenvalue weighted by atomic mass is 31.2. The number of amides is 1. The van der Waals surface area contributed by atoms with Crippen molar-refractivity contribution in [2.75, 3.05) is 32.0 Å². The van der Waals surface area contributed by atoms with Crippen LogP contribution >= 0.6 is 15.2 Å². The van der Waals surface area contributed by atoms with Crippen molar-refractivity contribution in [2.45, 2.75) is 31.5 Å². The summed E-state index contributed by atoms with van der Waals surface area (Å²) in [6.45, 7) is 0.698. The zero-order valence-corrected chi connectivity index (χ0v) is 18.1. The van der Waals surface area contributed by atoms with Crippen molar-refractivity contribution < 1.29 is 47.3 Å². The average molecular weight is 471 g/mol. The molecule has 14 nitrogen and oxygen atoms in total. The first-order valence-electron chi connectivity index (χ1n) is 8.45. The van der Waals surface area contributed by atoms with Crippen LogP contribution in [0.3, 0.4) is 0 Å². The van der Waals surface area contributed by atoms with Gasteiger partial charge in [0.05, 0.1) is 6.61 Å². The first-order chi connectivity index (χ1) is 13.9. The number of anilines is 1. The van der Waals surface area contributed by atoms with Gasteiger partial charge in [-0.25, -0.2) is 4.79 Å². The van der Waals surface area contributed by atoms with Crippen molar-refractivity contribution in [1.82, 2.24) is 9.55 Å². The second-order valence-electron chi connectivity index (χ2n) is 6.39. The summed E-state index contributed by atoms with van der Waals surface area (Å²) < 4.78 is 45.1. The van der Waals surface area contributed by atoms with E-state index in [0.29, 0.717) is 0 Å². The van der Waals surface area contributed by atoms with Gasteiger partial charge < -0.3 is 38.7 Å². The molecule has 1 aliphatic heterocycles. The number of nitrogens with zero attached hydrogens (tertiary/aromatic N) is 2. The Morgan fingerprint density at radius 2 is 1.90 bits per heavy atom. The fraction of sp³-hybridized carbons (Fsp3) is 0.643. The van der Waals surface area contributed by atoms with Gasteiger partial charge in [-0.2, -0.15) is 4.98 Å². The van der Waals surface area contributed by atoms with E-state index >= 15 is 0 Å². The summed E-state index contributed by atoms with van der Waals surface area (Å²) in [5.74, 6) is -1.72. The lowest BCUT2D eigenvalue weighted by Gasteiger charge is -2.22. The number of carbonyl (C=O) groups is 1. The molecule has 1 aromatic heterocycles. The molecule has 16 heteroatoms. The molecule has 0 saturated carbocycles. The highest BCUT2D eigenvalue weighted by Gasteiger charge is 2.47. The van der Waals surface area contributed by atoms with Crippen LogP contribution in [0.5, 0.6) is 0 Å². The van der Waals surface area contributed by atoms with Gasteiger partial charge in [0.1, 0.15) is 24.1 Å². The number of methoxy groups -OCH3 is 2. The van der Waals surface area contributed by atoms with Gasteiger partial charge >= 0.3 is 20.9 Å². The highest BCUT2D eigenvalue weighted by Crippen LogP contribution is 2.55. The molecule has 0 spiro atoms. The third kappa shape index (κ3) is 6.51. The molecule has 1 aromatic rings. The Labute approximate surface area is 170 Å². The molecule has 0 radical (unpaired) electrons. The molecule has 1 fully saturated rings. The largest absolute Gasteiger partial charge is 0.376 e. The quantitative estimate of drug-likeness (QED) is 0.337. The average Bonchev–Trinajstić information content (AvgIpc) is 2.95. The Morgan fingerprint density at radius 3 is 2.40 bits per heavy atom. The van der Waals surface area contributed by atoms with E-state index in [1.54, 1.807) is 0 Å². The number of rotatable bonds is 9. The minimum absolute atomic E-state index is 0.0394. The zero-order valence-electron chi connectivity index (χ0n) is 16.3. The molecular formula is C14H23N3O11P2. The van der Waals surface area contributed by atoms with Crippen molar-refractivity contribution in [2.24, 2.45) is 0 Å².